The minimum absolute atomic E-state index is 0.578. The fourth-order valence-corrected chi connectivity index (χ4v) is 2.02. The summed E-state index contributed by atoms with van der Waals surface area (Å²) in [4.78, 5) is 4.15. The van der Waals surface area contributed by atoms with E-state index in [1.807, 2.05) is 12.3 Å². The van der Waals surface area contributed by atoms with E-state index in [0.29, 0.717) is 5.82 Å². The zero-order valence-corrected chi connectivity index (χ0v) is 10.4. The van der Waals surface area contributed by atoms with Gasteiger partial charge in [-0.2, -0.15) is 0 Å². The maximum Gasteiger partial charge on any atom is 0.123 e. The van der Waals surface area contributed by atoms with Crippen LogP contribution in [0.2, 0.25) is 0 Å². The van der Waals surface area contributed by atoms with Crippen LogP contribution in [0.25, 0.3) is 11.1 Å². The number of nitrogen functional groups attached to an aromatic ring is 1. The van der Waals surface area contributed by atoms with Crippen molar-refractivity contribution >= 4 is 5.82 Å². The van der Waals surface area contributed by atoms with Crippen LogP contribution in [0.4, 0.5) is 5.82 Å². The van der Waals surface area contributed by atoms with E-state index in [4.69, 9.17) is 5.73 Å². The number of benzene rings is 1. The lowest BCUT2D eigenvalue weighted by atomic mass is 10.0. The molecule has 2 nitrogen and oxygen atoms in total. The van der Waals surface area contributed by atoms with Gasteiger partial charge in [-0.1, -0.05) is 37.6 Å². The molecule has 2 heteroatoms. The van der Waals surface area contributed by atoms with Gasteiger partial charge in [-0.15, -0.1) is 0 Å². The van der Waals surface area contributed by atoms with Crippen molar-refractivity contribution in [1.29, 1.82) is 0 Å². The Morgan fingerprint density at radius 1 is 1.18 bits per heavy atom. The summed E-state index contributed by atoms with van der Waals surface area (Å²) in [6.45, 7) is 4.26. The largest absolute Gasteiger partial charge is 0.384 e. The Hall–Kier alpha value is -1.83. The molecule has 0 saturated carbocycles. The van der Waals surface area contributed by atoms with Crippen LogP contribution in [0.3, 0.4) is 0 Å². The summed E-state index contributed by atoms with van der Waals surface area (Å²) in [5.41, 5.74) is 10.6. The molecule has 17 heavy (non-hydrogen) atoms. The van der Waals surface area contributed by atoms with Crippen LogP contribution in [0.15, 0.2) is 36.5 Å². The Morgan fingerprint density at radius 3 is 2.47 bits per heavy atom. The second kappa shape index (κ2) is 5.00. The van der Waals surface area contributed by atoms with Crippen molar-refractivity contribution in [2.75, 3.05) is 5.73 Å². The number of nitrogens with zero attached hydrogens (tertiary/aromatic N) is 1. The second-order valence-electron chi connectivity index (χ2n) is 4.37. The summed E-state index contributed by atoms with van der Waals surface area (Å²) < 4.78 is 0. The first-order valence-corrected chi connectivity index (χ1v) is 6.02. The quantitative estimate of drug-likeness (QED) is 0.868. The van der Waals surface area contributed by atoms with Gasteiger partial charge < -0.3 is 5.73 Å². The predicted octanol–water partition coefficient (Wildman–Crippen LogP) is 3.59. The number of hydrogen-bond donors (Lipinski definition) is 1. The lowest BCUT2D eigenvalue weighted by molar-refractivity contribution is 0.922. The molecule has 0 aliphatic carbocycles. The molecule has 1 heterocycles. The summed E-state index contributed by atoms with van der Waals surface area (Å²) in [7, 11) is 0. The monoisotopic (exact) mass is 226 g/mol. The van der Waals surface area contributed by atoms with Crippen LogP contribution < -0.4 is 5.73 Å². The zero-order valence-electron chi connectivity index (χ0n) is 10.4. The molecule has 0 radical (unpaired) electrons. The van der Waals surface area contributed by atoms with Crippen LogP contribution >= 0.6 is 0 Å². The van der Waals surface area contributed by atoms with Gasteiger partial charge in [0.2, 0.25) is 0 Å². The normalized spacial score (nSPS) is 10.5. The van der Waals surface area contributed by atoms with Crippen LogP contribution in [0, 0.1) is 6.92 Å². The predicted molar refractivity (Wildman–Crippen MR) is 72.8 cm³/mol. The highest BCUT2D eigenvalue weighted by molar-refractivity contribution is 5.67. The Balaban J connectivity index is 2.33. The average Bonchev–Trinajstić information content (AvgIpc) is 2.31. The molecule has 0 atom stereocenters. The maximum absolute atomic E-state index is 5.66. The van der Waals surface area contributed by atoms with Crippen molar-refractivity contribution in [3.05, 3.63) is 47.7 Å². The molecule has 0 unspecified atom stereocenters. The van der Waals surface area contributed by atoms with Crippen molar-refractivity contribution < 1.29 is 0 Å². The molecule has 0 aliphatic rings. The SMILES string of the molecule is CCCc1ccc(-c2cnc(N)cc2C)cc1. The standard InChI is InChI=1S/C15H18N2/c1-3-4-12-5-7-13(8-6-12)14-10-17-15(16)9-11(14)2/h5-10H,3-4H2,1-2H3,(H2,16,17). The number of nitrogens with two attached hydrogens (primary N) is 1. The Morgan fingerprint density at radius 2 is 1.88 bits per heavy atom. The van der Waals surface area contributed by atoms with E-state index in [9.17, 15) is 0 Å². The van der Waals surface area contributed by atoms with Crippen molar-refractivity contribution in [2.24, 2.45) is 0 Å². The molecule has 0 bridgehead atoms. The van der Waals surface area contributed by atoms with E-state index in [1.165, 1.54) is 23.1 Å². The first kappa shape index (κ1) is 11.6. The Bertz CT molecular complexity index is 501. The molecule has 2 aromatic rings. The van der Waals surface area contributed by atoms with Crippen molar-refractivity contribution in [3.8, 4) is 11.1 Å². The topological polar surface area (TPSA) is 38.9 Å². The third-order valence-corrected chi connectivity index (χ3v) is 2.94. The summed E-state index contributed by atoms with van der Waals surface area (Å²) in [6.07, 6.45) is 4.17. The minimum Gasteiger partial charge on any atom is -0.384 e. The third-order valence-electron chi connectivity index (χ3n) is 2.94. The van der Waals surface area contributed by atoms with Crippen molar-refractivity contribution in [3.63, 3.8) is 0 Å². The molecule has 1 aromatic carbocycles. The van der Waals surface area contributed by atoms with Gasteiger partial charge >= 0.3 is 0 Å². The lowest BCUT2D eigenvalue weighted by Gasteiger charge is -2.07. The molecule has 0 spiro atoms. The molecule has 2 rings (SSSR count). The minimum atomic E-state index is 0.578. The summed E-state index contributed by atoms with van der Waals surface area (Å²) in [6, 6.07) is 10.6. The molecule has 0 aliphatic heterocycles. The number of hydrogen-bond acceptors (Lipinski definition) is 2. The highest BCUT2D eigenvalue weighted by Crippen LogP contribution is 2.24. The first-order valence-electron chi connectivity index (χ1n) is 6.02. The smallest absolute Gasteiger partial charge is 0.123 e. The van der Waals surface area contributed by atoms with Crippen molar-refractivity contribution in [1.82, 2.24) is 4.98 Å². The van der Waals surface area contributed by atoms with E-state index in [2.05, 4.69) is 43.1 Å². The highest BCUT2D eigenvalue weighted by Gasteiger charge is 2.03. The molecule has 0 fully saturated rings. The molecule has 88 valence electrons. The first-order chi connectivity index (χ1) is 8.20. The number of anilines is 1. The fourth-order valence-electron chi connectivity index (χ4n) is 2.02. The lowest BCUT2D eigenvalue weighted by Crippen LogP contribution is -1.93. The van der Waals surface area contributed by atoms with E-state index in [1.54, 1.807) is 0 Å². The van der Waals surface area contributed by atoms with Crippen LogP contribution in [-0.4, -0.2) is 4.98 Å². The number of rotatable bonds is 3. The Labute approximate surface area is 103 Å². The highest BCUT2D eigenvalue weighted by atomic mass is 14.8. The van der Waals surface area contributed by atoms with E-state index < -0.39 is 0 Å². The Kier molecular flexibility index (Phi) is 3.43. The van der Waals surface area contributed by atoms with Crippen LogP contribution in [0.1, 0.15) is 24.5 Å². The van der Waals surface area contributed by atoms with Gasteiger partial charge in [0.05, 0.1) is 0 Å². The number of aryl methyl sites for hydroxylation is 2. The van der Waals surface area contributed by atoms with Crippen LogP contribution in [0.5, 0.6) is 0 Å². The van der Waals surface area contributed by atoms with Gasteiger partial charge in [0, 0.05) is 11.8 Å². The summed E-state index contributed by atoms with van der Waals surface area (Å²) in [5, 5.41) is 0. The van der Waals surface area contributed by atoms with Gasteiger partial charge in [-0.3, -0.25) is 0 Å². The average molecular weight is 226 g/mol. The maximum atomic E-state index is 5.66. The zero-order chi connectivity index (χ0) is 12.3. The van der Waals surface area contributed by atoms with Gasteiger partial charge in [0.15, 0.2) is 0 Å². The molecule has 1 aromatic heterocycles. The third kappa shape index (κ3) is 2.64. The van der Waals surface area contributed by atoms with Gasteiger partial charge in [0.25, 0.3) is 0 Å². The molecule has 2 N–H and O–H groups in total. The van der Waals surface area contributed by atoms with Gasteiger partial charge in [-0.05, 0) is 36.1 Å². The van der Waals surface area contributed by atoms with Crippen molar-refractivity contribution in [2.45, 2.75) is 26.7 Å². The van der Waals surface area contributed by atoms with Gasteiger partial charge in [0.1, 0.15) is 5.82 Å². The summed E-state index contributed by atoms with van der Waals surface area (Å²) >= 11 is 0. The summed E-state index contributed by atoms with van der Waals surface area (Å²) in [5.74, 6) is 0.578. The fraction of sp³-hybridized carbons (Fsp3) is 0.267. The second-order valence-corrected chi connectivity index (χ2v) is 4.37. The van der Waals surface area contributed by atoms with E-state index in [0.717, 1.165) is 12.0 Å². The number of pyridine rings is 1. The molecular weight excluding hydrogens is 208 g/mol. The molecular formula is C15H18N2. The van der Waals surface area contributed by atoms with E-state index >= 15 is 0 Å². The number of aromatic nitrogens is 1. The molecule has 0 saturated heterocycles. The van der Waals surface area contributed by atoms with Gasteiger partial charge in [-0.25, -0.2) is 4.98 Å². The van der Waals surface area contributed by atoms with E-state index in [-0.39, 0.29) is 0 Å². The van der Waals surface area contributed by atoms with Crippen LogP contribution in [-0.2, 0) is 6.42 Å². The molecule has 0 amide bonds.